The Hall–Kier alpha value is -3.07. The van der Waals surface area contributed by atoms with Crippen LogP contribution in [0.5, 0.6) is 0 Å². The highest BCUT2D eigenvalue weighted by molar-refractivity contribution is 7.92. The topological polar surface area (TPSA) is 86.8 Å². The fourth-order valence-electron chi connectivity index (χ4n) is 4.04. The molecule has 0 bridgehead atoms. The summed E-state index contributed by atoms with van der Waals surface area (Å²) in [5, 5.41) is 3.50. The first-order valence-electron chi connectivity index (χ1n) is 12.5. The zero-order valence-electron chi connectivity index (χ0n) is 22.6. The van der Waals surface area contributed by atoms with Crippen LogP contribution < -0.4 is 9.62 Å². The van der Waals surface area contributed by atoms with Gasteiger partial charge in [0.15, 0.2) is 0 Å². The standard InChI is InChI=1S/C29H33Cl2N3O4S/c1-19(2)32-29(36)22(5)33(17-23-13-14-25(30)26(31)16-23)28(35)18-34(27-15-20(3)11-12-21(27)4)39(37,38)24-9-7-6-8-10-24/h6-16,19,22H,17-18H2,1-5H3,(H,32,36). The maximum Gasteiger partial charge on any atom is 0.264 e. The number of amides is 2. The Morgan fingerprint density at radius 2 is 1.56 bits per heavy atom. The molecule has 7 nitrogen and oxygen atoms in total. The zero-order chi connectivity index (χ0) is 28.9. The van der Waals surface area contributed by atoms with Crippen LogP contribution in [0, 0.1) is 13.8 Å². The number of nitrogens with zero attached hydrogens (tertiary/aromatic N) is 2. The number of aryl methyl sites for hydroxylation is 2. The second-order valence-electron chi connectivity index (χ2n) is 9.72. The second kappa shape index (κ2) is 12.9. The van der Waals surface area contributed by atoms with Gasteiger partial charge >= 0.3 is 0 Å². The minimum absolute atomic E-state index is 0.0223. The van der Waals surface area contributed by atoms with Crippen molar-refractivity contribution in [3.05, 3.63) is 93.5 Å². The van der Waals surface area contributed by atoms with E-state index in [9.17, 15) is 18.0 Å². The maximum atomic E-state index is 14.0. The number of hydrogen-bond acceptors (Lipinski definition) is 4. The van der Waals surface area contributed by atoms with Gasteiger partial charge in [-0.05, 0) is 81.6 Å². The molecule has 0 saturated carbocycles. The minimum atomic E-state index is -4.13. The van der Waals surface area contributed by atoms with Gasteiger partial charge in [-0.25, -0.2) is 8.42 Å². The Morgan fingerprint density at radius 1 is 0.897 bits per heavy atom. The molecule has 3 aromatic rings. The van der Waals surface area contributed by atoms with Crippen molar-refractivity contribution in [2.75, 3.05) is 10.8 Å². The summed E-state index contributed by atoms with van der Waals surface area (Å²) in [6, 6.07) is 17.3. The second-order valence-corrected chi connectivity index (χ2v) is 12.4. The molecule has 0 radical (unpaired) electrons. The Kier molecular flexibility index (Phi) is 10.0. The van der Waals surface area contributed by atoms with E-state index in [1.165, 1.54) is 17.0 Å². The van der Waals surface area contributed by atoms with Crippen molar-refractivity contribution in [3.63, 3.8) is 0 Å². The first-order valence-corrected chi connectivity index (χ1v) is 14.7. The zero-order valence-corrected chi connectivity index (χ0v) is 24.9. The van der Waals surface area contributed by atoms with Gasteiger partial charge in [-0.1, -0.05) is 59.6 Å². The van der Waals surface area contributed by atoms with E-state index in [2.05, 4.69) is 5.32 Å². The van der Waals surface area contributed by atoms with E-state index in [0.29, 0.717) is 26.9 Å². The first-order chi connectivity index (χ1) is 18.3. The van der Waals surface area contributed by atoms with Gasteiger partial charge in [0.2, 0.25) is 11.8 Å². The Bertz CT molecular complexity index is 1450. The maximum absolute atomic E-state index is 14.0. The van der Waals surface area contributed by atoms with E-state index >= 15 is 0 Å². The number of rotatable bonds is 10. The van der Waals surface area contributed by atoms with E-state index in [0.717, 1.165) is 9.87 Å². The summed E-state index contributed by atoms with van der Waals surface area (Å²) in [7, 11) is -4.13. The van der Waals surface area contributed by atoms with Gasteiger partial charge in [0.1, 0.15) is 12.6 Å². The molecular formula is C29H33Cl2N3O4S. The highest BCUT2D eigenvalue weighted by Crippen LogP contribution is 2.29. The van der Waals surface area contributed by atoms with Crippen LogP contribution in [0.4, 0.5) is 5.69 Å². The Morgan fingerprint density at radius 3 is 2.18 bits per heavy atom. The molecule has 0 aromatic heterocycles. The van der Waals surface area contributed by atoms with Crippen molar-refractivity contribution in [1.82, 2.24) is 10.2 Å². The molecule has 0 heterocycles. The van der Waals surface area contributed by atoms with Gasteiger partial charge in [-0.2, -0.15) is 0 Å². The van der Waals surface area contributed by atoms with Crippen LogP contribution in [0.3, 0.4) is 0 Å². The van der Waals surface area contributed by atoms with E-state index in [-0.39, 0.29) is 23.4 Å². The van der Waals surface area contributed by atoms with Crippen LogP contribution in [0.15, 0.2) is 71.6 Å². The summed E-state index contributed by atoms with van der Waals surface area (Å²) in [5.41, 5.74) is 2.57. The van der Waals surface area contributed by atoms with Gasteiger partial charge in [0.25, 0.3) is 10.0 Å². The van der Waals surface area contributed by atoms with Crippen molar-refractivity contribution < 1.29 is 18.0 Å². The first kappa shape index (κ1) is 30.5. The van der Waals surface area contributed by atoms with Crippen molar-refractivity contribution in [1.29, 1.82) is 0 Å². The Balaban J connectivity index is 2.07. The third kappa shape index (κ3) is 7.53. The number of halogens is 2. The number of anilines is 1. The fourth-order valence-corrected chi connectivity index (χ4v) is 5.86. The van der Waals surface area contributed by atoms with Gasteiger partial charge < -0.3 is 10.2 Å². The van der Waals surface area contributed by atoms with Crippen molar-refractivity contribution in [2.45, 2.75) is 58.1 Å². The minimum Gasteiger partial charge on any atom is -0.352 e. The lowest BCUT2D eigenvalue weighted by atomic mass is 10.1. The van der Waals surface area contributed by atoms with E-state index in [4.69, 9.17) is 23.2 Å². The molecule has 39 heavy (non-hydrogen) atoms. The third-order valence-corrected chi connectivity index (χ3v) is 8.69. The molecule has 0 fully saturated rings. The monoisotopic (exact) mass is 589 g/mol. The molecule has 208 valence electrons. The lowest BCUT2D eigenvalue weighted by molar-refractivity contribution is -0.139. The number of hydrogen-bond donors (Lipinski definition) is 1. The van der Waals surface area contributed by atoms with Gasteiger partial charge in [0.05, 0.1) is 20.6 Å². The average molecular weight is 591 g/mol. The van der Waals surface area contributed by atoms with E-state index < -0.39 is 28.5 Å². The molecule has 10 heteroatoms. The molecule has 1 unspecified atom stereocenters. The van der Waals surface area contributed by atoms with Crippen molar-refractivity contribution >= 4 is 50.7 Å². The molecule has 3 aromatic carbocycles. The summed E-state index contributed by atoms with van der Waals surface area (Å²) in [6.07, 6.45) is 0. The number of sulfonamides is 1. The van der Waals surface area contributed by atoms with Gasteiger partial charge in [0, 0.05) is 12.6 Å². The summed E-state index contributed by atoms with van der Waals surface area (Å²) in [4.78, 5) is 28.4. The van der Waals surface area contributed by atoms with Crippen LogP contribution in [0.1, 0.15) is 37.5 Å². The molecular weight excluding hydrogens is 557 g/mol. The number of benzene rings is 3. The highest BCUT2D eigenvalue weighted by atomic mass is 35.5. The SMILES string of the molecule is Cc1ccc(C)c(N(CC(=O)N(Cc2ccc(Cl)c(Cl)c2)C(C)C(=O)NC(C)C)S(=O)(=O)c2ccccc2)c1. The van der Waals surface area contributed by atoms with Gasteiger partial charge in [-0.15, -0.1) is 0 Å². The predicted molar refractivity (Wildman–Crippen MR) is 157 cm³/mol. The van der Waals surface area contributed by atoms with E-state index in [1.54, 1.807) is 56.3 Å². The lowest BCUT2D eigenvalue weighted by Gasteiger charge is -2.33. The summed E-state index contributed by atoms with van der Waals surface area (Å²) >= 11 is 12.3. The predicted octanol–water partition coefficient (Wildman–Crippen LogP) is 5.75. The summed E-state index contributed by atoms with van der Waals surface area (Å²) < 4.78 is 28.9. The number of nitrogens with one attached hydrogen (secondary N) is 1. The van der Waals surface area contributed by atoms with Crippen LogP contribution in [0.2, 0.25) is 10.0 Å². The summed E-state index contributed by atoms with van der Waals surface area (Å²) in [5.74, 6) is -0.907. The van der Waals surface area contributed by atoms with E-state index in [1.807, 2.05) is 32.9 Å². The lowest BCUT2D eigenvalue weighted by Crippen LogP contribution is -2.52. The number of carbonyl (C=O) groups excluding carboxylic acids is 2. The van der Waals surface area contributed by atoms with Crippen LogP contribution in [-0.2, 0) is 26.2 Å². The molecule has 0 aliphatic heterocycles. The molecule has 0 aliphatic carbocycles. The largest absolute Gasteiger partial charge is 0.352 e. The highest BCUT2D eigenvalue weighted by Gasteiger charge is 2.33. The summed E-state index contributed by atoms with van der Waals surface area (Å²) in [6.45, 7) is 8.42. The fraction of sp³-hybridized carbons (Fsp3) is 0.310. The van der Waals surface area contributed by atoms with Gasteiger partial charge in [-0.3, -0.25) is 13.9 Å². The van der Waals surface area contributed by atoms with Crippen LogP contribution in [-0.4, -0.2) is 43.8 Å². The normalized spacial score (nSPS) is 12.2. The molecule has 3 rings (SSSR count). The average Bonchev–Trinajstić information content (AvgIpc) is 2.89. The smallest absolute Gasteiger partial charge is 0.264 e. The third-order valence-electron chi connectivity index (χ3n) is 6.18. The number of carbonyl (C=O) groups is 2. The Labute approximate surface area is 240 Å². The molecule has 2 amide bonds. The molecule has 0 saturated heterocycles. The van der Waals surface area contributed by atoms with Crippen molar-refractivity contribution in [2.24, 2.45) is 0 Å². The van der Waals surface area contributed by atoms with Crippen LogP contribution in [0.25, 0.3) is 0 Å². The van der Waals surface area contributed by atoms with Crippen molar-refractivity contribution in [3.8, 4) is 0 Å². The molecule has 0 aliphatic rings. The van der Waals surface area contributed by atoms with Crippen LogP contribution >= 0.6 is 23.2 Å². The molecule has 1 atom stereocenters. The molecule has 1 N–H and O–H groups in total. The quantitative estimate of drug-likeness (QED) is 0.326. The molecule has 0 spiro atoms.